The van der Waals surface area contributed by atoms with Crippen molar-refractivity contribution in [1.29, 1.82) is 0 Å². The van der Waals surface area contributed by atoms with Gasteiger partial charge in [0.25, 0.3) is 5.56 Å². The molecule has 0 saturated carbocycles. The molecule has 0 radical (unpaired) electrons. The standard InChI is InChI=1S/C13H16N4O/c1-2-14-8-10-9-16-12(17-13(10)18)7-11-5-3-4-6-15-11/h3-6,9,14H,2,7-8H2,1H3,(H,16,17,18). The van der Waals surface area contributed by atoms with Gasteiger partial charge in [-0.3, -0.25) is 9.78 Å². The minimum Gasteiger partial charge on any atom is -0.313 e. The molecule has 0 bridgehead atoms. The third kappa shape index (κ3) is 3.24. The van der Waals surface area contributed by atoms with Crippen LogP contribution in [0.4, 0.5) is 0 Å². The van der Waals surface area contributed by atoms with Gasteiger partial charge in [0, 0.05) is 36.6 Å². The number of rotatable bonds is 5. The van der Waals surface area contributed by atoms with E-state index >= 15 is 0 Å². The highest BCUT2D eigenvalue weighted by molar-refractivity contribution is 5.12. The van der Waals surface area contributed by atoms with Gasteiger partial charge in [0.15, 0.2) is 0 Å². The molecule has 0 aliphatic heterocycles. The van der Waals surface area contributed by atoms with Gasteiger partial charge >= 0.3 is 0 Å². The summed E-state index contributed by atoms with van der Waals surface area (Å²) in [5.74, 6) is 0.638. The predicted octanol–water partition coefficient (Wildman–Crippen LogP) is 0.865. The van der Waals surface area contributed by atoms with E-state index in [9.17, 15) is 4.79 Å². The van der Waals surface area contributed by atoms with E-state index in [-0.39, 0.29) is 5.56 Å². The lowest BCUT2D eigenvalue weighted by molar-refractivity contribution is 0.712. The van der Waals surface area contributed by atoms with E-state index in [0.717, 1.165) is 12.2 Å². The molecule has 0 saturated heterocycles. The number of pyridine rings is 1. The first kappa shape index (κ1) is 12.4. The van der Waals surface area contributed by atoms with Crippen LogP contribution in [0.3, 0.4) is 0 Å². The number of aromatic amines is 1. The van der Waals surface area contributed by atoms with E-state index < -0.39 is 0 Å². The Bertz CT molecular complexity index is 550. The molecule has 2 aromatic heterocycles. The molecule has 0 aliphatic rings. The van der Waals surface area contributed by atoms with Gasteiger partial charge in [-0.05, 0) is 18.7 Å². The zero-order valence-corrected chi connectivity index (χ0v) is 10.3. The van der Waals surface area contributed by atoms with Crippen molar-refractivity contribution < 1.29 is 0 Å². The van der Waals surface area contributed by atoms with Gasteiger partial charge in [-0.1, -0.05) is 13.0 Å². The Kier molecular flexibility index (Phi) is 4.20. The van der Waals surface area contributed by atoms with Gasteiger partial charge in [0.1, 0.15) is 5.82 Å². The summed E-state index contributed by atoms with van der Waals surface area (Å²) < 4.78 is 0. The summed E-state index contributed by atoms with van der Waals surface area (Å²) in [7, 11) is 0. The van der Waals surface area contributed by atoms with Crippen LogP contribution in [0.2, 0.25) is 0 Å². The lowest BCUT2D eigenvalue weighted by Gasteiger charge is -2.03. The molecule has 94 valence electrons. The second-order valence-electron chi connectivity index (χ2n) is 3.96. The van der Waals surface area contributed by atoms with Crippen LogP contribution < -0.4 is 10.9 Å². The molecule has 0 spiro atoms. The summed E-state index contributed by atoms with van der Waals surface area (Å²) in [5, 5.41) is 3.10. The average Bonchev–Trinajstić information content (AvgIpc) is 2.39. The van der Waals surface area contributed by atoms with Gasteiger partial charge in [-0.25, -0.2) is 4.98 Å². The van der Waals surface area contributed by atoms with Crippen molar-refractivity contribution >= 4 is 0 Å². The van der Waals surface area contributed by atoms with Crippen LogP contribution in [0, 0.1) is 0 Å². The zero-order chi connectivity index (χ0) is 12.8. The van der Waals surface area contributed by atoms with E-state index in [2.05, 4.69) is 20.3 Å². The van der Waals surface area contributed by atoms with Crippen LogP contribution in [0.5, 0.6) is 0 Å². The van der Waals surface area contributed by atoms with Crippen molar-refractivity contribution in [2.75, 3.05) is 6.54 Å². The maximum Gasteiger partial charge on any atom is 0.255 e. The molecule has 0 aliphatic carbocycles. The molecule has 0 amide bonds. The lowest BCUT2D eigenvalue weighted by Crippen LogP contribution is -2.22. The van der Waals surface area contributed by atoms with Crippen molar-refractivity contribution in [2.45, 2.75) is 19.9 Å². The Balaban J connectivity index is 2.12. The van der Waals surface area contributed by atoms with Gasteiger partial charge in [0.05, 0.1) is 0 Å². The summed E-state index contributed by atoms with van der Waals surface area (Å²) in [6, 6.07) is 5.69. The van der Waals surface area contributed by atoms with Crippen LogP contribution >= 0.6 is 0 Å². The van der Waals surface area contributed by atoms with Crippen molar-refractivity contribution in [3.05, 3.63) is 58.0 Å². The third-order valence-electron chi connectivity index (χ3n) is 2.57. The highest BCUT2D eigenvalue weighted by atomic mass is 16.1. The normalized spacial score (nSPS) is 10.5. The number of hydrogen-bond donors (Lipinski definition) is 2. The molecular weight excluding hydrogens is 228 g/mol. The maximum absolute atomic E-state index is 11.8. The van der Waals surface area contributed by atoms with E-state index in [4.69, 9.17) is 0 Å². The van der Waals surface area contributed by atoms with Gasteiger partial charge in [-0.2, -0.15) is 0 Å². The quantitative estimate of drug-likeness (QED) is 0.818. The molecule has 2 heterocycles. The fourth-order valence-electron chi connectivity index (χ4n) is 1.61. The largest absolute Gasteiger partial charge is 0.313 e. The lowest BCUT2D eigenvalue weighted by atomic mass is 10.2. The van der Waals surface area contributed by atoms with Crippen LogP contribution in [0.1, 0.15) is 24.0 Å². The minimum absolute atomic E-state index is 0.0862. The van der Waals surface area contributed by atoms with Crippen molar-refractivity contribution in [3.63, 3.8) is 0 Å². The topological polar surface area (TPSA) is 70.7 Å². The smallest absolute Gasteiger partial charge is 0.255 e. The molecule has 2 aromatic rings. The fraction of sp³-hybridized carbons (Fsp3) is 0.308. The molecule has 2 rings (SSSR count). The molecule has 0 fully saturated rings. The van der Waals surface area contributed by atoms with E-state index in [1.807, 2.05) is 25.1 Å². The Morgan fingerprint density at radius 1 is 1.33 bits per heavy atom. The van der Waals surface area contributed by atoms with Crippen molar-refractivity contribution in [1.82, 2.24) is 20.3 Å². The number of nitrogens with zero attached hydrogens (tertiary/aromatic N) is 2. The highest BCUT2D eigenvalue weighted by Crippen LogP contribution is 2.00. The Morgan fingerprint density at radius 2 is 2.22 bits per heavy atom. The van der Waals surface area contributed by atoms with Crippen molar-refractivity contribution in [2.24, 2.45) is 0 Å². The summed E-state index contributed by atoms with van der Waals surface area (Å²) in [4.78, 5) is 23.0. The van der Waals surface area contributed by atoms with E-state index in [0.29, 0.717) is 24.4 Å². The summed E-state index contributed by atoms with van der Waals surface area (Å²) in [5.41, 5.74) is 1.46. The molecule has 0 unspecified atom stereocenters. The zero-order valence-electron chi connectivity index (χ0n) is 10.3. The summed E-state index contributed by atoms with van der Waals surface area (Å²) in [6.07, 6.45) is 3.89. The number of nitrogens with one attached hydrogen (secondary N) is 2. The first-order valence-corrected chi connectivity index (χ1v) is 5.97. The molecule has 5 nitrogen and oxygen atoms in total. The van der Waals surface area contributed by atoms with Crippen LogP contribution in [-0.2, 0) is 13.0 Å². The number of H-pyrrole nitrogens is 1. The molecule has 18 heavy (non-hydrogen) atoms. The van der Waals surface area contributed by atoms with Crippen LogP contribution in [0.15, 0.2) is 35.4 Å². The molecule has 0 aromatic carbocycles. The monoisotopic (exact) mass is 244 g/mol. The SMILES string of the molecule is CCNCc1cnc(Cc2ccccn2)[nH]c1=O. The fourth-order valence-corrected chi connectivity index (χ4v) is 1.61. The van der Waals surface area contributed by atoms with Gasteiger partial charge in [-0.15, -0.1) is 0 Å². The molecular formula is C13H16N4O. The second kappa shape index (κ2) is 6.07. The predicted molar refractivity (Wildman–Crippen MR) is 69.3 cm³/mol. The summed E-state index contributed by atoms with van der Waals surface area (Å²) >= 11 is 0. The van der Waals surface area contributed by atoms with Crippen LogP contribution in [-0.4, -0.2) is 21.5 Å². The van der Waals surface area contributed by atoms with Gasteiger partial charge < -0.3 is 10.3 Å². The first-order valence-electron chi connectivity index (χ1n) is 5.97. The third-order valence-corrected chi connectivity index (χ3v) is 2.57. The molecule has 5 heteroatoms. The number of aromatic nitrogens is 3. The summed E-state index contributed by atoms with van der Waals surface area (Å²) in [6.45, 7) is 3.37. The first-order chi connectivity index (χ1) is 8.79. The number of hydrogen-bond acceptors (Lipinski definition) is 4. The molecule has 2 N–H and O–H groups in total. The highest BCUT2D eigenvalue weighted by Gasteiger charge is 2.03. The minimum atomic E-state index is -0.0862. The van der Waals surface area contributed by atoms with E-state index in [1.54, 1.807) is 12.4 Å². The Labute approximate surface area is 105 Å². The van der Waals surface area contributed by atoms with Crippen LogP contribution in [0.25, 0.3) is 0 Å². The Morgan fingerprint density at radius 3 is 2.89 bits per heavy atom. The van der Waals surface area contributed by atoms with Crippen molar-refractivity contribution in [3.8, 4) is 0 Å². The second-order valence-corrected chi connectivity index (χ2v) is 3.96. The van der Waals surface area contributed by atoms with E-state index in [1.165, 1.54) is 0 Å². The average molecular weight is 244 g/mol. The maximum atomic E-state index is 11.8. The van der Waals surface area contributed by atoms with Gasteiger partial charge in [0.2, 0.25) is 0 Å². The Hall–Kier alpha value is -2.01. The molecule has 0 atom stereocenters.